The largest absolute Gasteiger partial charge is 0.375 e. The summed E-state index contributed by atoms with van der Waals surface area (Å²) < 4.78 is 6.22. The van der Waals surface area contributed by atoms with Gasteiger partial charge in [0.15, 0.2) is 0 Å². The molecule has 3 nitrogen and oxygen atoms in total. The van der Waals surface area contributed by atoms with Crippen LogP contribution in [0.5, 0.6) is 0 Å². The summed E-state index contributed by atoms with van der Waals surface area (Å²) in [5.74, 6) is 0.734. The Morgan fingerprint density at radius 2 is 1.95 bits per heavy atom. The van der Waals surface area contributed by atoms with Crippen molar-refractivity contribution in [3.63, 3.8) is 0 Å². The predicted molar refractivity (Wildman–Crippen MR) is 82.7 cm³/mol. The Hall–Kier alpha value is -0.120. The van der Waals surface area contributed by atoms with Crippen LogP contribution in [0, 0.1) is 5.92 Å². The highest BCUT2D eigenvalue weighted by atomic mass is 16.5. The van der Waals surface area contributed by atoms with Crippen molar-refractivity contribution in [2.75, 3.05) is 19.7 Å². The molecule has 20 heavy (non-hydrogen) atoms. The van der Waals surface area contributed by atoms with Crippen molar-refractivity contribution in [1.82, 2.24) is 4.90 Å². The minimum Gasteiger partial charge on any atom is -0.375 e. The molecule has 2 N–H and O–H groups in total. The first-order chi connectivity index (χ1) is 9.78. The summed E-state index contributed by atoms with van der Waals surface area (Å²) in [6.45, 7) is 5.36. The highest BCUT2D eigenvalue weighted by Crippen LogP contribution is 2.42. The molecule has 3 aliphatic rings. The highest BCUT2D eigenvalue weighted by molar-refractivity contribution is 4.97. The van der Waals surface area contributed by atoms with E-state index in [4.69, 9.17) is 10.5 Å². The van der Waals surface area contributed by atoms with Crippen LogP contribution in [0.4, 0.5) is 0 Å². The van der Waals surface area contributed by atoms with E-state index in [0.717, 1.165) is 31.2 Å². The summed E-state index contributed by atoms with van der Waals surface area (Å²) in [5.41, 5.74) is 6.25. The fourth-order valence-electron chi connectivity index (χ4n) is 5.15. The van der Waals surface area contributed by atoms with Gasteiger partial charge in [-0.15, -0.1) is 0 Å². The lowest BCUT2D eigenvalue weighted by Gasteiger charge is -2.46. The minimum absolute atomic E-state index is 0.243. The third-order valence-electron chi connectivity index (χ3n) is 6.16. The van der Waals surface area contributed by atoms with E-state index in [9.17, 15) is 0 Å². The third kappa shape index (κ3) is 2.77. The average Bonchev–Trinajstić information content (AvgIpc) is 3.10. The third-order valence-corrected chi connectivity index (χ3v) is 6.16. The van der Waals surface area contributed by atoms with Gasteiger partial charge in [-0.1, -0.05) is 26.2 Å². The van der Waals surface area contributed by atoms with E-state index in [1.807, 2.05) is 0 Å². The fourth-order valence-corrected chi connectivity index (χ4v) is 5.15. The van der Waals surface area contributed by atoms with Crippen LogP contribution in [0.3, 0.4) is 0 Å². The Morgan fingerprint density at radius 1 is 1.15 bits per heavy atom. The van der Waals surface area contributed by atoms with Crippen molar-refractivity contribution in [2.24, 2.45) is 11.7 Å². The Balaban J connectivity index is 1.69. The molecule has 3 rings (SSSR count). The van der Waals surface area contributed by atoms with E-state index < -0.39 is 0 Å². The van der Waals surface area contributed by atoms with E-state index in [1.54, 1.807) is 0 Å². The second-order valence-electron chi connectivity index (χ2n) is 7.21. The first kappa shape index (κ1) is 14.8. The molecule has 1 aliphatic heterocycles. The number of ether oxygens (including phenoxy) is 1. The number of nitrogens with zero attached hydrogens (tertiary/aromatic N) is 1. The number of nitrogens with two attached hydrogens (primary N) is 1. The van der Waals surface area contributed by atoms with Gasteiger partial charge in [-0.05, 0) is 57.5 Å². The molecule has 0 radical (unpaired) electrons. The molecule has 3 heteroatoms. The summed E-state index contributed by atoms with van der Waals surface area (Å²) in [7, 11) is 0. The zero-order chi connectivity index (χ0) is 14.0. The fraction of sp³-hybridized carbons (Fsp3) is 1.00. The van der Waals surface area contributed by atoms with Crippen molar-refractivity contribution in [1.29, 1.82) is 0 Å². The van der Waals surface area contributed by atoms with Gasteiger partial charge in [0.05, 0.1) is 5.60 Å². The van der Waals surface area contributed by atoms with Crippen LogP contribution in [0.25, 0.3) is 0 Å². The van der Waals surface area contributed by atoms with Crippen LogP contribution >= 0.6 is 0 Å². The van der Waals surface area contributed by atoms with Gasteiger partial charge in [0.2, 0.25) is 0 Å². The lowest BCUT2D eigenvalue weighted by molar-refractivity contribution is -0.108. The van der Waals surface area contributed by atoms with E-state index >= 15 is 0 Å². The maximum atomic E-state index is 6.22. The molecule has 1 saturated heterocycles. The zero-order valence-electron chi connectivity index (χ0n) is 13.2. The molecule has 0 aromatic carbocycles. The highest BCUT2D eigenvalue weighted by Gasteiger charge is 2.43. The molecule has 0 amide bonds. The van der Waals surface area contributed by atoms with Crippen molar-refractivity contribution in [2.45, 2.75) is 82.4 Å². The van der Waals surface area contributed by atoms with Crippen LogP contribution < -0.4 is 5.73 Å². The summed E-state index contributed by atoms with van der Waals surface area (Å²) in [5, 5.41) is 0. The van der Waals surface area contributed by atoms with Crippen LogP contribution in [-0.2, 0) is 4.74 Å². The predicted octanol–water partition coefficient (Wildman–Crippen LogP) is 2.93. The summed E-state index contributed by atoms with van der Waals surface area (Å²) in [6, 6.07) is 1.48. The Morgan fingerprint density at radius 3 is 2.65 bits per heavy atom. The SMILES string of the molecule is CCN(C1CCOC2(CCCC2)C1)C1CCCC1CN. The van der Waals surface area contributed by atoms with Gasteiger partial charge in [0.25, 0.3) is 0 Å². The normalized spacial score (nSPS) is 37.0. The van der Waals surface area contributed by atoms with Gasteiger partial charge in [-0.3, -0.25) is 4.90 Å². The van der Waals surface area contributed by atoms with E-state index in [-0.39, 0.29) is 5.60 Å². The Labute approximate surface area is 124 Å². The molecule has 3 fully saturated rings. The topological polar surface area (TPSA) is 38.5 Å². The molecule has 3 unspecified atom stereocenters. The molecule has 0 aromatic heterocycles. The molecule has 1 spiro atoms. The van der Waals surface area contributed by atoms with Gasteiger partial charge in [-0.2, -0.15) is 0 Å². The van der Waals surface area contributed by atoms with Gasteiger partial charge in [-0.25, -0.2) is 0 Å². The molecule has 2 aliphatic carbocycles. The molecule has 116 valence electrons. The van der Waals surface area contributed by atoms with E-state index in [1.165, 1.54) is 64.3 Å². The monoisotopic (exact) mass is 280 g/mol. The molecule has 3 atom stereocenters. The average molecular weight is 280 g/mol. The molecular formula is C17H32N2O. The molecule has 2 saturated carbocycles. The number of hydrogen-bond donors (Lipinski definition) is 1. The summed E-state index contributed by atoms with van der Waals surface area (Å²) in [4.78, 5) is 2.80. The maximum absolute atomic E-state index is 6.22. The second-order valence-corrected chi connectivity index (χ2v) is 7.21. The molecule has 0 bridgehead atoms. The zero-order valence-corrected chi connectivity index (χ0v) is 13.2. The second kappa shape index (κ2) is 6.33. The standard InChI is InChI=1S/C17H32N2O/c1-2-19(16-7-5-6-14(16)13-18)15-8-11-20-17(12-15)9-3-4-10-17/h14-16H,2-13,18H2,1H3. The first-order valence-corrected chi connectivity index (χ1v) is 8.88. The van der Waals surface area contributed by atoms with Crippen LogP contribution in [0.1, 0.15) is 64.7 Å². The van der Waals surface area contributed by atoms with Crippen LogP contribution in [0.2, 0.25) is 0 Å². The van der Waals surface area contributed by atoms with Crippen LogP contribution in [0.15, 0.2) is 0 Å². The van der Waals surface area contributed by atoms with Gasteiger partial charge in [0.1, 0.15) is 0 Å². The lowest BCUT2D eigenvalue weighted by Crippen LogP contribution is -2.52. The smallest absolute Gasteiger partial charge is 0.0697 e. The molecule has 1 heterocycles. The minimum atomic E-state index is 0.243. The summed E-state index contributed by atoms with van der Waals surface area (Å²) in [6.07, 6.45) is 11.9. The Kier molecular flexibility index (Phi) is 4.68. The quantitative estimate of drug-likeness (QED) is 0.860. The van der Waals surface area contributed by atoms with Gasteiger partial charge >= 0.3 is 0 Å². The van der Waals surface area contributed by atoms with E-state index in [0.29, 0.717) is 0 Å². The Bertz CT molecular complexity index is 314. The molecule has 0 aromatic rings. The van der Waals surface area contributed by atoms with Crippen molar-refractivity contribution in [3.8, 4) is 0 Å². The van der Waals surface area contributed by atoms with E-state index in [2.05, 4.69) is 11.8 Å². The lowest BCUT2D eigenvalue weighted by atomic mass is 9.86. The summed E-state index contributed by atoms with van der Waals surface area (Å²) >= 11 is 0. The van der Waals surface area contributed by atoms with Crippen molar-refractivity contribution < 1.29 is 4.74 Å². The van der Waals surface area contributed by atoms with Gasteiger partial charge < -0.3 is 10.5 Å². The number of rotatable bonds is 4. The first-order valence-electron chi connectivity index (χ1n) is 8.88. The maximum Gasteiger partial charge on any atom is 0.0697 e. The van der Waals surface area contributed by atoms with Crippen molar-refractivity contribution in [3.05, 3.63) is 0 Å². The number of hydrogen-bond acceptors (Lipinski definition) is 3. The van der Waals surface area contributed by atoms with Crippen molar-refractivity contribution >= 4 is 0 Å². The van der Waals surface area contributed by atoms with Gasteiger partial charge in [0, 0.05) is 18.7 Å². The molecular weight excluding hydrogens is 248 g/mol. The van der Waals surface area contributed by atoms with Crippen LogP contribution in [-0.4, -0.2) is 42.3 Å².